The molecule has 1 aromatic carbocycles. The second-order valence-corrected chi connectivity index (χ2v) is 7.42. The van der Waals surface area contributed by atoms with Gasteiger partial charge < -0.3 is 24.7 Å². The van der Waals surface area contributed by atoms with Crippen LogP contribution in [0.15, 0.2) is 33.5 Å². The van der Waals surface area contributed by atoms with Crippen LogP contribution in [0.1, 0.15) is 40.4 Å². The molecule has 1 atom stereocenters. The van der Waals surface area contributed by atoms with Crippen molar-refractivity contribution in [3.8, 4) is 5.75 Å². The molecule has 8 nitrogen and oxygen atoms in total. The molecule has 2 amide bonds. The van der Waals surface area contributed by atoms with Gasteiger partial charge in [-0.15, -0.1) is 0 Å². The number of nitrogens with zero attached hydrogens (tertiary/aromatic N) is 1. The lowest BCUT2D eigenvalue weighted by Crippen LogP contribution is -2.35. The van der Waals surface area contributed by atoms with Crippen molar-refractivity contribution in [3.63, 3.8) is 0 Å². The van der Waals surface area contributed by atoms with Crippen LogP contribution in [0.5, 0.6) is 5.75 Å². The summed E-state index contributed by atoms with van der Waals surface area (Å²) >= 11 is 0. The fourth-order valence-electron chi connectivity index (χ4n) is 3.75. The summed E-state index contributed by atoms with van der Waals surface area (Å²) in [5.74, 6) is 0.593. The third-order valence-electron chi connectivity index (χ3n) is 5.40. The lowest BCUT2D eigenvalue weighted by Gasteiger charge is -2.26. The quantitative estimate of drug-likeness (QED) is 0.822. The molecule has 0 spiro atoms. The summed E-state index contributed by atoms with van der Waals surface area (Å²) in [5.41, 5.74) is 0.932. The van der Waals surface area contributed by atoms with Gasteiger partial charge in [-0.05, 0) is 56.1 Å². The molecule has 1 saturated heterocycles. The number of amides is 2. The number of hydrogen-bond donors (Lipinski definition) is 2. The molecule has 1 fully saturated rings. The molecular formula is C21H23N3O5. The highest BCUT2D eigenvalue weighted by atomic mass is 16.5. The van der Waals surface area contributed by atoms with E-state index in [1.54, 1.807) is 38.2 Å². The third-order valence-corrected chi connectivity index (χ3v) is 5.40. The first-order valence-corrected chi connectivity index (χ1v) is 9.64. The second kappa shape index (κ2) is 7.71. The van der Waals surface area contributed by atoms with E-state index in [4.69, 9.17) is 9.15 Å². The van der Waals surface area contributed by atoms with Crippen LogP contribution in [0, 0.1) is 6.92 Å². The number of carbonyl (C=O) groups is 2. The zero-order valence-electron chi connectivity index (χ0n) is 16.4. The Morgan fingerprint density at radius 1 is 1.28 bits per heavy atom. The van der Waals surface area contributed by atoms with Gasteiger partial charge in [-0.2, -0.15) is 0 Å². The van der Waals surface area contributed by atoms with Crippen molar-refractivity contribution in [1.82, 2.24) is 5.32 Å². The molecule has 29 heavy (non-hydrogen) atoms. The highest BCUT2D eigenvalue weighted by molar-refractivity contribution is 6.06. The topological polar surface area (TPSA) is 101 Å². The maximum absolute atomic E-state index is 12.8. The highest BCUT2D eigenvalue weighted by Crippen LogP contribution is 2.33. The number of carbonyl (C=O) groups excluding carboxylic acids is 2. The molecule has 0 aliphatic carbocycles. The third kappa shape index (κ3) is 3.75. The molecule has 0 saturated carbocycles. The highest BCUT2D eigenvalue weighted by Gasteiger charge is 2.25. The van der Waals surface area contributed by atoms with Crippen LogP contribution in [0.4, 0.5) is 11.4 Å². The molecule has 2 aliphatic rings. The van der Waals surface area contributed by atoms with Crippen molar-refractivity contribution >= 4 is 23.2 Å². The van der Waals surface area contributed by atoms with Gasteiger partial charge in [0.1, 0.15) is 17.1 Å². The average molecular weight is 397 g/mol. The van der Waals surface area contributed by atoms with Gasteiger partial charge in [-0.25, -0.2) is 4.79 Å². The number of likely N-dealkylation sites (N-methyl/N-ethyl adjacent to an activating group) is 1. The van der Waals surface area contributed by atoms with E-state index in [0.29, 0.717) is 28.4 Å². The Kier molecular flexibility index (Phi) is 5.10. The van der Waals surface area contributed by atoms with Gasteiger partial charge in [-0.1, -0.05) is 0 Å². The molecule has 2 N–H and O–H groups in total. The predicted octanol–water partition coefficient (Wildman–Crippen LogP) is 2.02. The van der Waals surface area contributed by atoms with Crippen LogP contribution < -0.4 is 25.9 Å². The summed E-state index contributed by atoms with van der Waals surface area (Å²) in [7, 11) is 1.65. The molecule has 0 radical (unpaired) electrons. The Labute approximate surface area is 167 Å². The van der Waals surface area contributed by atoms with Crippen LogP contribution in [-0.4, -0.2) is 38.6 Å². The first kappa shape index (κ1) is 19.2. The monoisotopic (exact) mass is 397 g/mol. The van der Waals surface area contributed by atoms with Gasteiger partial charge in [0.25, 0.3) is 11.8 Å². The van der Waals surface area contributed by atoms with E-state index in [0.717, 1.165) is 25.9 Å². The van der Waals surface area contributed by atoms with Crippen LogP contribution >= 0.6 is 0 Å². The molecular weight excluding hydrogens is 374 g/mol. The van der Waals surface area contributed by atoms with Gasteiger partial charge in [0.05, 0.1) is 5.69 Å². The average Bonchev–Trinajstić information content (AvgIpc) is 2.71. The van der Waals surface area contributed by atoms with Crippen molar-refractivity contribution in [3.05, 3.63) is 51.6 Å². The standard InChI is InChI=1S/C21H23N3O5/c1-12-8-17(13-4-3-7-22-10-13)29-21(27)19(12)20(26)23-14-5-6-16-15(9-14)24(2)18(25)11-28-16/h5-6,8-9,13,22H,3-4,7,10-11H2,1-2H3,(H,23,26). The molecule has 2 aromatic rings. The molecule has 0 bridgehead atoms. The first-order valence-electron chi connectivity index (χ1n) is 9.64. The normalized spacial score (nSPS) is 18.8. The van der Waals surface area contributed by atoms with Gasteiger partial charge in [0.2, 0.25) is 0 Å². The number of fused-ring (bicyclic) bond motifs is 1. The zero-order valence-corrected chi connectivity index (χ0v) is 16.4. The van der Waals surface area contributed by atoms with Crippen molar-refractivity contribution in [2.24, 2.45) is 0 Å². The number of hydrogen-bond acceptors (Lipinski definition) is 6. The van der Waals surface area contributed by atoms with Gasteiger partial charge >= 0.3 is 5.63 Å². The summed E-state index contributed by atoms with van der Waals surface area (Å²) < 4.78 is 10.9. The molecule has 4 rings (SSSR count). The number of piperidine rings is 1. The van der Waals surface area contributed by atoms with E-state index in [-0.39, 0.29) is 24.0 Å². The summed E-state index contributed by atoms with van der Waals surface area (Å²) in [4.78, 5) is 38.6. The molecule has 3 heterocycles. The molecule has 1 aromatic heterocycles. The summed E-state index contributed by atoms with van der Waals surface area (Å²) in [5, 5.41) is 6.01. The van der Waals surface area contributed by atoms with Crippen molar-refractivity contribution in [2.45, 2.75) is 25.7 Å². The van der Waals surface area contributed by atoms with Crippen molar-refractivity contribution in [2.75, 3.05) is 37.0 Å². The lowest BCUT2D eigenvalue weighted by molar-refractivity contribution is -0.120. The van der Waals surface area contributed by atoms with E-state index >= 15 is 0 Å². The van der Waals surface area contributed by atoms with E-state index in [9.17, 15) is 14.4 Å². The van der Waals surface area contributed by atoms with Gasteiger partial charge in [-0.3, -0.25) is 9.59 Å². The fraction of sp³-hybridized carbons (Fsp3) is 0.381. The number of ether oxygens (including phenoxy) is 1. The number of benzene rings is 1. The molecule has 152 valence electrons. The smallest absolute Gasteiger partial charge is 0.349 e. The van der Waals surface area contributed by atoms with E-state index < -0.39 is 11.5 Å². The Morgan fingerprint density at radius 3 is 2.83 bits per heavy atom. The van der Waals surface area contributed by atoms with Crippen LogP contribution in [0.2, 0.25) is 0 Å². The van der Waals surface area contributed by atoms with Gasteiger partial charge in [0.15, 0.2) is 6.61 Å². The molecule has 8 heteroatoms. The van der Waals surface area contributed by atoms with Crippen LogP contribution in [0.3, 0.4) is 0 Å². The zero-order chi connectivity index (χ0) is 20.5. The largest absolute Gasteiger partial charge is 0.482 e. The number of aryl methyl sites for hydroxylation is 1. The minimum atomic E-state index is -0.642. The molecule has 1 unspecified atom stereocenters. The summed E-state index contributed by atoms with van der Waals surface area (Å²) in [6, 6.07) is 6.77. The second-order valence-electron chi connectivity index (χ2n) is 7.42. The van der Waals surface area contributed by atoms with Crippen LogP contribution in [0.25, 0.3) is 0 Å². The Balaban J connectivity index is 1.57. The number of anilines is 2. The fourth-order valence-corrected chi connectivity index (χ4v) is 3.75. The summed E-state index contributed by atoms with van der Waals surface area (Å²) in [6.07, 6.45) is 1.97. The Morgan fingerprint density at radius 2 is 2.10 bits per heavy atom. The minimum Gasteiger partial charge on any atom is -0.482 e. The maximum atomic E-state index is 12.8. The number of rotatable bonds is 3. The van der Waals surface area contributed by atoms with E-state index in [1.807, 2.05) is 0 Å². The predicted molar refractivity (Wildman–Crippen MR) is 108 cm³/mol. The van der Waals surface area contributed by atoms with Crippen LogP contribution in [-0.2, 0) is 4.79 Å². The van der Waals surface area contributed by atoms with Crippen molar-refractivity contribution < 1.29 is 18.7 Å². The number of nitrogens with one attached hydrogen (secondary N) is 2. The Hall–Kier alpha value is -3.13. The Bertz CT molecular complexity index is 1020. The van der Waals surface area contributed by atoms with E-state index in [1.165, 1.54) is 4.90 Å². The SMILES string of the molecule is Cc1cc(C2CCCNC2)oc(=O)c1C(=O)Nc1ccc2c(c1)N(C)C(=O)CO2. The lowest BCUT2D eigenvalue weighted by atomic mass is 9.95. The van der Waals surface area contributed by atoms with E-state index in [2.05, 4.69) is 10.6 Å². The summed E-state index contributed by atoms with van der Waals surface area (Å²) in [6.45, 7) is 3.45. The maximum Gasteiger partial charge on any atom is 0.349 e. The molecule has 2 aliphatic heterocycles. The minimum absolute atomic E-state index is 0.0156. The first-order chi connectivity index (χ1) is 13.9. The van der Waals surface area contributed by atoms with Gasteiger partial charge in [0, 0.05) is 25.2 Å². The van der Waals surface area contributed by atoms with Crippen molar-refractivity contribution in [1.29, 1.82) is 0 Å².